The summed E-state index contributed by atoms with van der Waals surface area (Å²) in [6.45, 7) is 7.98. The molecular weight excluding hydrogens is 248 g/mol. The Morgan fingerprint density at radius 3 is 2.61 bits per heavy atom. The third-order valence-corrected chi connectivity index (χ3v) is 3.20. The number of methoxy groups -OCH3 is 1. The predicted octanol–water partition coefficient (Wildman–Crippen LogP) is 3.24. The third-order valence-electron chi connectivity index (χ3n) is 2.90. The molecule has 0 unspecified atom stereocenters. The van der Waals surface area contributed by atoms with Crippen molar-refractivity contribution >= 4 is 17.4 Å². The Morgan fingerprint density at radius 1 is 1.39 bits per heavy atom. The van der Waals surface area contributed by atoms with Gasteiger partial charge in [-0.1, -0.05) is 6.92 Å². The summed E-state index contributed by atoms with van der Waals surface area (Å²) in [5, 5.41) is 0. The molecule has 102 valence electrons. The fraction of sp³-hybridized carbons (Fsp3) is 0.643. The van der Waals surface area contributed by atoms with Gasteiger partial charge < -0.3 is 9.64 Å². The average Bonchev–Trinajstić information content (AvgIpc) is 2.38. The van der Waals surface area contributed by atoms with E-state index in [2.05, 4.69) is 42.8 Å². The van der Waals surface area contributed by atoms with E-state index in [0.29, 0.717) is 18.5 Å². The van der Waals surface area contributed by atoms with Gasteiger partial charge in [-0.2, -0.15) is 0 Å². The number of aromatic nitrogens is 1. The van der Waals surface area contributed by atoms with E-state index in [4.69, 9.17) is 16.3 Å². The van der Waals surface area contributed by atoms with Crippen LogP contribution in [0, 0.1) is 0 Å². The fourth-order valence-corrected chi connectivity index (χ4v) is 2.02. The lowest BCUT2D eigenvalue weighted by Crippen LogP contribution is -2.34. The summed E-state index contributed by atoms with van der Waals surface area (Å²) in [6, 6.07) is 4.54. The molecule has 1 aromatic heterocycles. The molecule has 0 spiro atoms. The number of hydrogen-bond acceptors (Lipinski definition) is 3. The molecule has 0 saturated carbocycles. The Kier molecular flexibility index (Phi) is 6.44. The van der Waals surface area contributed by atoms with E-state index < -0.39 is 0 Å². The van der Waals surface area contributed by atoms with Gasteiger partial charge >= 0.3 is 0 Å². The second-order valence-electron chi connectivity index (χ2n) is 4.59. The van der Waals surface area contributed by atoms with Gasteiger partial charge in [0.1, 0.15) is 5.82 Å². The van der Waals surface area contributed by atoms with Crippen LogP contribution < -0.4 is 4.90 Å². The Bertz CT molecular complexity index is 347. The molecule has 3 nitrogen and oxygen atoms in total. The molecule has 0 saturated heterocycles. The molecule has 0 amide bonds. The largest absolute Gasteiger partial charge is 0.383 e. The number of halogens is 1. The Morgan fingerprint density at radius 2 is 2.11 bits per heavy atom. The fourth-order valence-electron chi connectivity index (χ4n) is 1.87. The number of pyridine rings is 1. The zero-order chi connectivity index (χ0) is 13.5. The summed E-state index contributed by atoms with van der Waals surface area (Å²) in [4.78, 5) is 6.93. The monoisotopic (exact) mass is 270 g/mol. The minimum atomic E-state index is 0.392. The first-order chi connectivity index (χ1) is 8.62. The van der Waals surface area contributed by atoms with Crippen molar-refractivity contribution in [1.82, 2.24) is 4.98 Å². The van der Waals surface area contributed by atoms with Gasteiger partial charge in [0.05, 0.1) is 6.61 Å². The zero-order valence-electron chi connectivity index (χ0n) is 11.7. The molecule has 0 aromatic carbocycles. The van der Waals surface area contributed by atoms with Crippen LogP contribution in [0.25, 0.3) is 0 Å². The van der Waals surface area contributed by atoms with Gasteiger partial charge in [0.2, 0.25) is 0 Å². The summed E-state index contributed by atoms with van der Waals surface area (Å²) < 4.78 is 5.16. The van der Waals surface area contributed by atoms with Gasteiger partial charge in [0, 0.05) is 31.3 Å². The highest BCUT2D eigenvalue weighted by molar-refractivity contribution is 6.17. The lowest BCUT2D eigenvalue weighted by Gasteiger charge is -2.28. The molecule has 18 heavy (non-hydrogen) atoms. The predicted molar refractivity (Wildman–Crippen MR) is 77.5 cm³/mol. The summed E-state index contributed by atoms with van der Waals surface area (Å²) in [5.41, 5.74) is 2.22. The second-order valence-corrected chi connectivity index (χ2v) is 4.86. The minimum absolute atomic E-state index is 0.392. The molecule has 1 rings (SSSR count). The zero-order valence-corrected chi connectivity index (χ0v) is 12.5. The van der Waals surface area contributed by atoms with Crippen LogP contribution in [-0.2, 0) is 17.0 Å². The maximum atomic E-state index is 5.95. The Labute approximate surface area is 115 Å². The number of hydrogen-bond donors (Lipinski definition) is 0. The first-order valence-corrected chi connectivity index (χ1v) is 6.97. The van der Waals surface area contributed by atoms with Crippen molar-refractivity contribution in [1.29, 1.82) is 0 Å². The van der Waals surface area contributed by atoms with Gasteiger partial charge in [0.15, 0.2) is 0 Å². The van der Waals surface area contributed by atoms with Crippen LogP contribution in [0.15, 0.2) is 12.1 Å². The van der Waals surface area contributed by atoms with E-state index >= 15 is 0 Å². The van der Waals surface area contributed by atoms with Crippen LogP contribution in [0.3, 0.4) is 0 Å². The first-order valence-electron chi connectivity index (χ1n) is 6.43. The number of ether oxygens (including phenoxy) is 1. The molecule has 0 fully saturated rings. The Hall–Kier alpha value is -0.800. The van der Waals surface area contributed by atoms with Crippen LogP contribution in [0.1, 0.15) is 32.0 Å². The summed E-state index contributed by atoms with van der Waals surface area (Å²) in [6.07, 6.45) is 0.925. The average molecular weight is 271 g/mol. The Balaban J connectivity index is 3.02. The van der Waals surface area contributed by atoms with Crippen molar-refractivity contribution in [3.63, 3.8) is 0 Å². The molecule has 0 N–H and O–H groups in total. The van der Waals surface area contributed by atoms with Gasteiger partial charge in [-0.15, -0.1) is 11.6 Å². The number of anilines is 1. The lowest BCUT2D eigenvalue weighted by molar-refractivity contribution is 0.203. The quantitative estimate of drug-likeness (QED) is 0.711. The van der Waals surface area contributed by atoms with Crippen LogP contribution in [0.4, 0.5) is 5.82 Å². The maximum Gasteiger partial charge on any atom is 0.129 e. The number of aryl methyl sites for hydroxylation is 1. The smallest absolute Gasteiger partial charge is 0.129 e. The second kappa shape index (κ2) is 7.59. The molecule has 0 aliphatic carbocycles. The molecule has 0 aliphatic rings. The van der Waals surface area contributed by atoms with Gasteiger partial charge in [-0.05, 0) is 38.0 Å². The van der Waals surface area contributed by atoms with Gasteiger partial charge in [-0.3, -0.25) is 0 Å². The van der Waals surface area contributed by atoms with E-state index in [1.54, 1.807) is 7.11 Å². The number of nitrogens with zero attached hydrogens (tertiary/aromatic N) is 2. The topological polar surface area (TPSA) is 25.4 Å². The molecule has 1 heterocycles. The summed E-state index contributed by atoms with van der Waals surface area (Å²) in [5.74, 6) is 1.52. The normalized spacial score (nSPS) is 11.0. The van der Waals surface area contributed by atoms with E-state index in [1.807, 2.05) is 0 Å². The molecular formula is C14H23ClN2O. The molecule has 0 bridgehead atoms. The standard InChI is InChI=1S/C14H23ClN2O/c1-5-13-8-12(10-15)9-14(16-13)17(11(2)3)6-7-18-4/h8-9,11H,5-7,10H2,1-4H3. The molecule has 0 aliphatic heterocycles. The van der Waals surface area contributed by atoms with Crippen molar-refractivity contribution in [2.24, 2.45) is 0 Å². The highest BCUT2D eigenvalue weighted by Gasteiger charge is 2.13. The van der Waals surface area contributed by atoms with Crippen molar-refractivity contribution in [2.75, 3.05) is 25.2 Å². The van der Waals surface area contributed by atoms with Crippen molar-refractivity contribution in [3.05, 3.63) is 23.4 Å². The molecule has 1 aromatic rings. The lowest BCUT2D eigenvalue weighted by atomic mass is 10.2. The maximum absolute atomic E-state index is 5.95. The van der Waals surface area contributed by atoms with E-state index in [0.717, 1.165) is 30.0 Å². The van der Waals surface area contributed by atoms with Crippen LogP contribution >= 0.6 is 11.6 Å². The highest BCUT2D eigenvalue weighted by Crippen LogP contribution is 2.19. The van der Waals surface area contributed by atoms with E-state index in [-0.39, 0.29) is 0 Å². The minimum Gasteiger partial charge on any atom is -0.383 e. The SMILES string of the molecule is CCc1cc(CCl)cc(N(CCOC)C(C)C)n1. The highest BCUT2D eigenvalue weighted by atomic mass is 35.5. The van der Waals surface area contributed by atoms with E-state index in [1.165, 1.54) is 0 Å². The van der Waals surface area contributed by atoms with Crippen molar-refractivity contribution in [2.45, 2.75) is 39.1 Å². The molecule has 0 atom stereocenters. The van der Waals surface area contributed by atoms with Gasteiger partial charge in [0.25, 0.3) is 0 Å². The summed E-state index contributed by atoms with van der Waals surface area (Å²) in [7, 11) is 1.72. The van der Waals surface area contributed by atoms with Crippen LogP contribution in [-0.4, -0.2) is 31.3 Å². The number of rotatable bonds is 7. The van der Waals surface area contributed by atoms with E-state index in [9.17, 15) is 0 Å². The van der Waals surface area contributed by atoms with Gasteiger partial charge in [-0.25, -0.2) is 4.98 Å². The first kappa shape index (κ1) is 15.3. The molecule has 4 heteroatoms. The van der Waals surface area contributed by atoms with Crippen molar-refractivity contribution < 1.29 is 4.74 Å². The van der Waals surface area contributed by atoms with Crippen molar-refractivity contribution in [3.8, 4) is 0 Å². The summed E-state index contributed by atoms with van der Waals surface area (Å²) >= 11 is 5.95. The number of alkyl halides is 1. The van der Waals surface area contributed by atoms with Crippen LogP contribution in [0.5, 0.6) is 0 Å². The molecule has 0 radical (unpaired) electrons. The third kappa shape index (κ3) is 4.14. The van der Waals surface area contributed by atoms with Crippen LogP contribution in [0.2, 0.25) is 0 Å².